The van der Waals surface area contributed by atoms with Crippen molar-refractivity contribution in [1.82, 2.24) is 9.97 Å². The third-order valence-corrected chi connectivity index (χ3v) is 4.35. The van der Waals surface area contributed by atoms with Gasteiger partial charge in [0, 0.05) is 17.3 Å². The Hall–Kier alpha value is -1.18. The Balaban J connectivity index is 2.31. The van der Waals surface area contributed by atoms with E-state index >= 15 is 0 Å². The van der Waals surface area contributed by atoms with Gasteiger partial charge in [-0.05, 0) is 19.1 Å². The van der Waals surface area contributed by atoms with Crippen LogP contribution in [0.15, 0.2) is 29.4 Å². The van der Waals surface area contributed by atoms with Gasteiger partial charge in [-0.3, -0.25) is 4.72 Å². The Kier molecular flexibility index (Phi) is 3.32. The fourth-order valence-corrected chi connectivity index (χ4v) is 3.29. The number of rotatable bonds is 3. The maximum atomic E-state index is 11.9. The fraction of sp³-hybridized carbons (Fsp3) is 0.111. The average molecular weight is 290 g/mol. The van der Waals surface area contributed by atoms with Crippen molar-refractivity contribution < 1.29 is 8.42 Å². The van der Waals surface area contributed by atoms with Crippen molar-refractivity contribution in [1.29, 1.82) is 0 Å². The second-order valence-corrected chi connectivity index (χ2v) is 6.50. The van der Waals surface area contributed by atoms with Crippen molar-refractivity contribution in [3.8, 4) is 0 Å². The van der Waals surface area contributed by atoms with E-state index in [9.17, 15) is 8.42 Å². The van der Waals surface area contributed by atoms with E-state index in [1.807, 2.05) is 6.92 Å². The maximum absolute atomic E-state index is 11.9. The van der Waals surface area contributed by atoms with Gasteiger partial charge in [0.25, 0.3) is 10.0 Å². The van der Waals surface area contributed by atoms with Crippen molar-refractivity contribution in [3.63, 3.8) is 0 Å². The van der Waals surface area contributed by atoms with Gasteiger partial charge in [-0.25, -0.2) is 18.4 Å². The second kappa shape index (κ2) is 4.59. The van der Waals surface area contributed by atoms with Crippen LogP contribution < -0.4 is 4.72 Å². The Morgan fingerprint density at radius 3 is 2.76 bits per heavy atom. The summed E-state index contributed by atoms with van der Waals surface area (Å²) in [6.07, 6.45) is 2.94. The largest absolute Gasteiger partial charge is 0.263 e. The summed E-state index contributed by atoms with van der Waals surface area (Å²) in [6, 6.07) is 2.65. The van der Waals surface area contributed by atoms with Gasteiger partial charge in [-0.1, -0.05) is 11.6 Å². The molecule has 0 aromatic carbocycles. The number of pyridine rings is 1. The SMILES string of the molecule is Cc1cnc(NS(=O)(=O)c2ccnc(Cl)c2)s1. The molecule has 17 heavy (non-hydrogen) atoms. The monoisotopic (exact) mass is 289 g/mol. The first kappa shape index (κ1) is 12.3. The lowest BCUT2D eigenvalue weighted by Gasteiger charge is -2.04. The molecule has 0 bridgehead atoms. The van der Waals surface area contributed by atoms with E-state index in [1.54, 1.807) is 6.20 Å². The van der Waals surface area contributed by atoms with E-state index in [2.05, 4.69) is 14.7 Å². The molecule has 2 aromatic heterocycles. The van der Waals surface area contributed by atoms with Crippen LogP contribution >= 0.6 is 22.9 Å². The van der Waals surface area contributed by atoms with Crippen LogP contribution in [0.1, 0.15) is 4.88 Å². The predicted octanol–water partition coefficient (Wildman–Crippen LogP) is 2.30. The highest BCUT2D eigenvalue weighted by Gasteiger charge is 2.16. The van der Waals surface area contributed by atoms with Crippen molar-refractivity contribution in [2.24, 2.45) is 0 Å². The van der Waals surface area contributed by atoms with Gasteiger partial charge in [0.05, 0.1) is 4.90 Å². The fourth-order valence-electron chi connectivity index (χ4n) is 1.13. The van der Waals surface area contributed by atoms with Gasteiger partial charge in [-0.2, -0.15) is 0 Å². The Labute approximate surface area is 108 Å². The van der Waals surface area contributed by atoms with Crippen LogP contribution in [0.5, 0.6) is 0 Å². The molecule has 2 aromatic rings. The van der Waals surface area contributed by atoms with Gasteiger partial charge in [-0.15, -0.1) is 11.3 Å². The molecule has 2 rings (SSSR count). The summed E-state index contributed by atoms with van der Waals surface area (Å²) in [6.45, 7) is 1.85. The number of aromatic nitrogens is 2. The summed E-state index contributed by atoms with van der Waals surface area (Å²) in [5, 5.41) is 0.457. The molecule has 0 aliphatic rings. The Morgan fingerprint density at radius 2 is 2.18 bits per heavy atom. The first-order chi connectivity index (χ1) is 7.97. The molecule has 0 aliphatic heterocycles. The number of hydrogen-bond donors (Lipinski definition) is 1. The zero-order valence-electron chi connectivity index (χ0n) is 8.71. The standard InChI is InChI=1S/C9H8ClN3O2S2/c1-6-5-12-9(16-6)13-17(14,15)7-2-3-11-8(10)4-7/h2-5H,1H3,(H,12,13). The molecule has 0 aliphatic carbocycles. The summed E-state index contributed by atoms with van der Waals surface area (Å²) < 4.78 is 26.2. The van der Waals surface area contributed by atoms with Crippen molar-refractivity contribution in [3.05, 3.63) is 34.6 Å². The van der Waals surface area contributed by atoms with Gasteiger partial charge < -0.3 is 0 Å². The first-order valence-electron chi connectivity index (χ1n) is 4.54. The number of aryl methyl sites for hydroxylation is 1. The minimum Gasteiger partial charge on any atom is -0.255 e. The van der Waals surface area contributed by atoms with Crippen LogP contribution in [-0.4, -0.2) is 18.4 Å². The number of thiazole rings is 1. The number of nitrogens with one attached hydrogen (secondary N) is 1. The van der Waals surface area contributed by atoms with Gasteiger partial charge in [0.15, 0.2) is 5.13 Å². The molecule has 0 spiro atoms. The Morgan fingerprint density at radius 1 is 1.41 bits per heavy atom. The molecule has 0 unspecified atom stereocenters. The van der Waals surface area contributed by atoms with Crippen LogP contribution in [-0.2, 0) is 10.0 Å². The van der Waals surface area contributed by atoms with Crippen LogP contribution in [0.25, 0.3) is 0 Å². The molecule has 1 N–H and O–H groups in total. The minimum atomic E-state index is -3.65. The Bertz CT molecular complexity index is 639. The summed E-state index contributed by atoms with van der Waals surface area (Å²) in [5.74, 6) is 0. The zero-order valence-corrected chi connectivity index (χ0v) is 11.1. The summed E-state index contributed by atoms with van der Waals surface area (Å²) >= 11 is 6.91. The van der Waals surface area contributed by atoms with Gasteiger partial charge >= 0.3 is 0 Å². The molecule has 0 atom stereocenters. The van der Waals surface area contributed by atoms with Gasteiger partial charge in [0.2, 0.25) is 0 Å². The van der Waals surface area contributed by atoms with E-state index < -0.39 is 10.0 Å². The van der Waals surface area contributed by atoms with Gasteiger partial charge in [0.1, 0.15) is 5.15 Å². The van der Waals surface area contributed by atoms with E-state index in [1.165, 1.54) is 29.7 Å². The lowest BCUT2D eigenvalue weighted by molar-refractivity contribution is 0.601. The van der Waals surface area contributed by atoms with Crippen LogP contribution in [0.2, 0.25) is 5.15 Å². The quantitative estimate of drug-likeness (QED) is 0.880. The van der Waals surface area contributed by atoms with Crippen molar-refractivity contribution >= 4 is 38.1 Å². The number of sulfonamides is 1. The lowest BCUT2D eigenvalue weighted by atomic mass is 10.5. The van der Waals surface area contributed by atoms with E-state index in [0.717, 1.165) is 4.88 Å². The number of hydrogen-bond acceptors (Lipinski definition) is 5. The highest BCUT2D eigenvalue weighted by atomic mass is 35.5. The second-order valence-electron chi connectivity index (χ2n) is 3.20. The topological polar surface area (TPSA) is 72.0 Å². The number of nitrogens with zero attached hydrogens (tertiary/aromatic N) is 2. The maximum Gasteiger partial charge on any atom is 0.263 e. The first-order valence-corrected chi connectivity index (χ1v) is 7.22. The van der Waals surface area contributed by atoms with E-state index in [0.29, 0.717) is 5.13 Å². The molecule has 8 heteroatoms. The number of anilines is 1. The summed E-state index contributed by atoms with van der Waals surface area (Å²) in [5.41, 5.74) is 0. The summed E-state index contributed by atoms with van der Waals surface area (Å²) in [4.78, 5) is 8.64. The molecule has 0 saturated carbocycles. The predicted molar refractivity (Wildman–Crippen MR) is 66.9 cm³/mol. The molecule has 0 fully saturated rings. The van der Waals surface area contributed by atoms with E-state index in [-0.39, 0.29) is 10.0 Å². The zero-order chi connectivity index (χ0) is 12.5. The molecule has 0 radical (unpaired) electrons. The third-order valence-electron chi connectivity index (χ3n) is 1.85. The molecular formula is C9H8ClN3O2S2. The third kappa shape index (κ3) is 2.93. The minimum absolute atomic E-state index is 0.0605. The highest BCUT2D eigenvalue weighted by Crippen LogP contribution is 2.21. The normalized spacial score (nSPS) is 11.4. The highest BCUT2D eigenvalue weighted by molar-refractivity contribution is 7.93. The van der Waals surface area contributed by atoms with Crippen LogP contribution in [0, 0.1) is 6.92 Å². The van der Waals surface area contributed by atoms with Crippen LogP contribution in [0.3, 0.4) is 0 Å². The molecule has 90 valence electrons. The average Bonchev–Trinajstić information content (AvgIpc) is 2.63. The molecular weight excluding hydrogens is 282 g/mol. The van der Waals surface area contributed by atoms with Crippen LogP contribution in [0.4, 0.5) is 5.13 Å². The van der Waals surface area contributed by atoms with Crippen molar-refractivity contribution in [2.45, 2.75) is 11.8 Å². The molecule has 0 amide bonds. The lowest BCUT2D eigenvalue weighted by Crippen LogP contribution is -2.12. The molecule has 2 heterocycles. The van der Waals surface area contributed by atoms with Crippen molar-refractivity contribution in [2.75, 3.05) is 4.72 Å². The summed E-state index contributed by atoms with van der Waals surface area (Å²) in [7, 11) is -3.65. The molecule has 5 nitrogen and oxygen atoms in total. The molecule has 0 saturated heterocycles. The van der Waals surface area contributed by atoms with E-state index in [4.69, 9.17) is 11.6 Å². The number of halogens is 1. The smallest absolute Gasteiger partial charge is 0.255 e.